The number of thiol groups is 1. The van der Waals surface area contributed by atoms with E-state index in [4.69, 9.17) is 9.47 Å². The molecule has 0 rings (SSSR count). The number of hydrogen-bond acceptors (Lipinski definition) is 5. The quantitative estimate of drug-likeness (QED) is 0.120. The summed E-state index contributed by atoms with van der Waals surface area (Å²) >= 11 is 4.21. The van der Waals surface area contributed by atoms with Gasteiger partial charge in [-0.15, -0.1) is 0 Å². The van der Waals surface area contributed by atoms with Gasteiger partial charge in [0.15, 0.2) is 0 Å². The molecule has 0 saturated heterocycles. The van der Waals surface area contributed by atoms with Crippen LogP contribution in [-0.4, -0.2) is 30.4 Å². The molecule has 1 atom stereocenters. The number of carbonyl (C=O) groups is 2. The summed E-state index contributed by atoms with van der Waals surface area (Å²) in [6.07, 6.45) is 18.3. The third-order valence-corrected chi connectivity index (χ3v) is 5.56. The van der Waals surface area contributed by atoms with Gasteiger partial charge >= 0.3 is 11.9 Å². The van der Waals surface area contributed by atoms with Gasteiger partial charge in [-0.1, -0.05) is 97.3 Å². The summed E-state index contributed by atoms with van der Waals surface area (Å²) < 4.78 is 10.7. The lowest BCUT2D eigenvalue weighted by atomic mass is 10.1. The highest BCUT2D eigenvalue weighted by atomic mass is 32.1. The minimum absolute atomic E-state index is 0.113. The molecule has 0 aromatic rings. The maximum absolute atomic E-state index is 12.0. The number of carbonyl (C=O) groups excluding carboxylic acids is 2. The van der Waals surface area contributed by atoms with Crippen molar-refractivity contribution >= 4 is 24.6 Å². The molecular formula is C24H46O4S. The Morgan fingerprint density at radius 1 is 0.655 bits per heavy atom. The third kappa shape index (κ3) is 20.3. The predicted octanol–water partition coefficient (Wildman–Crippen LogP) is 7.04. The third-order valence-electron chi connectivity index (χ3n) is 5.15. The highest BCUT2D eigenvalue weighted by Crippen LogP contribution is 2.12. The van der Waals surface area contributed by atoms with Gasteiger partial charge in [0, 0.05) is 18.6 Å². The first kappa shape index (κ1) is 28.3. The average Bonchev–Trinajstić information content (AvgIpc) is 2.72. The van der Waals surface area contributed by atoms with Gasteiger partial charge in [-0.2, -0.15) is 12.6 Å². The fraction of sp³-hybridized carbons (Fsp3) is 0.917. The Morgan fingerprint density at radius 2 is 1.07 bits per heavy atom. The Kier molecular flexibility index (Phi) is 21.4. The highest BCUT2D eigenvalue weighted by molar-refractivity contribution is 7.80. The van der Waals surface area contributed by atoms with Crippen molar-refractivity contribution in [3.63, 3.8) is 0 Å². The Labute approximate surface area is 185 Å². The van der Waals surface area contributed by atoms with E-state index in [1.807, 2.05) is 0 Å². The molecule has 0 amide bonds. The standard InChI is InChI=1S/C24H46O4S/c1-3-5-7-9-11-12-13-15-17-19-24(26)28-22(21-29)20-27-23(25)18-16-14-10-8-6-4-2/h22,29H,3-21H2,1-2H3/t22-/m1/s1. The zero-order valence-electron chi connectivity index (χ0n) is 19.1. The van der Waals surface area contributed by atoms with Gasteiger partial charge in [-0.25, -0.2) is 0 Å². The maximum Gasteiger partial charge on any atom is 0.306 e. The van der Waals surface area contributed by atoms with Crippen LogP contribution in [0.2, 0.25) is 0 Å². The molecule has 0 fully saturated rings. The van der Waals surface area contributed by atoms with Crippen LogP contribution in [0.15, 0.2) is 0 Å². The first-order chi connectivity index (χ1) is 14.1. The number of esters is 2. The predicted molar refractivity (Wildman–Crippen MR) is 125 cm³/mol. The van der Waals surface area contributed by atoms with Crippen LogP contribution in [0.1, 0.15) is 123 Å². The minimum atomic E-state index is -0.446. The molecule has 0 unspecified atom stereocenters. The SMILES string of the molecule is CCCCCCCCCCCC(=O)O[C@@H](CS)COC(=O)CCCCCCCC. The second kappa shape index (κ2) is 22.0. The lowest BCUT2D eigenvalue weighted by Crippen LogP contribution is -2.26. The van der Waals surface area contributed by atoms with Crippen LogP contribution in [0.3, 0.4) is 0 Å². The van der Waals surface area contributed by atoms with Gasteiger partial charge < -0.3 is 9.47 Å². The molecule has 0 saturated carbocycles. The van der Waals surface area contributed by atoms with E-state index in [0.717, 1.165) is 25.7 Å². The molecule has 0 radical (unpaired) electrons. The monoisotopic (exact) mass is 430 g/mol. The molecule has 29 heavy (non-hydrogen) atoms. The highest BCUT2D eigenvalue weighted by Gasteiger charge is 2.15. The molecule has 172 valence electrons. The molecule has 0 bridgehead atoms. The fourth-order valence-corrected chi connectivity index (χ4v) is 3.44. The molecule has 0 spiro atoms. The van der Waals surface area contributed by atoms with Crippen LogP contribution in [0.4, 0.5) is 0 Å². The molecule has 0 N–H and O–H groups in total. The molecule has 0 aromatic carbocycles. The number of unbranched alkanes of at least 4 members (excludes halogenated alkanes) is 13. The summed E-state index contributed by atoms with van der Waals surface area (Å²) in [5.41, 5.74) is 0. The topological polar surface area (TPSA) is 52.6 Å². The zero-order chi connectivity index (χ0) is 21.6. The van der Waals surface area contributed by atoms with Gasteiger partial charge in [0.1, 0.15) is 12.7 Å². The smallest absolute Gasteiger partial charge is 0.306 e. The van der Waals surface area contributed by atoms with Crippen molar-refractivity contribution < 1.29 is 19.1 Å². The molecular weight excluding hydrogens is 384 g/mol. The Hall–Kier alpha value is -0.710. The molecule has 5 heteroatoms. The van der Waals surface area contributed by atoms with Crippen LogP contribution in [0.5, 0.6) is 0 Å². The maximum atomic E-state index is 12.0. The van der Waals surface area contributed by atoms with Crippen molar-refractivity contribution in [1.82, 2.24) is 0 Å². The summed E-state index contributed by atoms with van der Waals surface area (Å²) in [4.78, 5) is 23.8. The normalized spacial score (nSPS) is 12.0. The molecule has 4 nitrogen and oxygen atoms in total. The largest absolute Gasteiger partial charge is 0.462 e. The molecule has 0 aliphatic heterocycles. The van der Waals surface area contributed by atoms with Crippen LogP contribution >= 0.6 is 12.6 Å². The lowest BCUT2D eigenvalue weighted by molar-refractivity contribution is -0.157. The zero-order valence-corrected chi connectivity index (χ0v) is 20.0. The van der Waals surface area contributed by atoms with Crippen molar-refractivity contribution in [3.8, 4) is 0 Å². The van der Waals surface area contributed by atoms with E-state index in [-0.39, 0.29) is 18.5 Å². The van der Waals surface area contributed by atoms with Gasteiger partial charge in [0.2, 0.25) is 0 Å². The number of hydrogen-bond donors (Lipinski definition) is 1. The number of ether oxygens (including phenoxy) is 2. The Morgan fingerprint density at radius 3 is 1.52 bits per heavy atom. The van der Waals surface area contributed by atoms with E-state index in [1.54, 1.807) is 0 Å². The number of rotatable bonds is 21. The van der Waals surface area contributed by atoms with Crippen LogP contribution < -0.4 is 0 Å². The molecule has 0 aromatic heterocycles. The van der Waals surface area contributed by atoms with Crippen LogP contribution in [0, 0.1) is 0 Å². The van der Waals surface area contributed by atoms with Gasteiger partial charge in [0.05, 0.1) is 0 Å². The van der Waals surface area contributed by atoms with E-state index in [0.29, 0.717) is 18.6 Å². The van der Waals surface area contributed by atoms with E-state index < -0.39 is 6.10 Å². The van der Waals surface area contributed by atoms with Crippen molar-refractivity contribution in [3.05, 3.63) is 0 Å². The van der Waals surface area contributed by atoms with Crippen molar-refractivity contribution in [2.45, 2.75) is 129 Å². The van der Waals surface area contributed by atoms with Crippen LogP contribution in [0.25, 0.3) is 0 Å². The van der Waals surface area contributed by atoms with E-state index in [9.17, 15) is 9.59 Å². The first-order valence-electron chi connectivity index (χ1n) is 12.1. The van der Waals surface area contributed by atoms with E-state index >= 15 is 0 Å². The van der Waals surface area contributed by atoms with Gasteiger partial charge in [0.25, 0.3) is 0 Å². The second-order valence-corrected chi connectivity index (χ2v) is 8.44. The fourth-order valence-electron chi connectivity index (χ4n) is 3.26. The minimum Gasteiger partial charge on any atom is -0.462 e. The lowest BCUT2D eigenvalue weighted by Gasteiger charge is -2.16. The van der Waals surface area contributed by atoms with E-state index in [1.165, 1.54) is 70.6 Å². The first-order valence-corrected chi connectivity index (χ1v) is 12.7. The summed E-state index contributed by atoms with van der Waals surface area (Å²) in [5, 5.41) is 0. The Bertz CT molecular complexity index is 387. The average molecular weight is 431 g/mol. The van der Waals surface area contributed by atoms with Gasteiger partial charge in [-0.3, -0.25) is 9.59 Å². The van der Waals surface area contributed by atoms with Crippen molar-refractivity contribution in [1.29, 1.82) is 0 Å². The summed E-state index contributed by atoms with van der Waals surface area (Å²) in [7, 11) is 0. The Balaban J connectivity index is 3.64. The van der Waals surface area contributed by atoms with Crippen LogP contribution in [-0.2, 0) is 19.1 Å². The summed E-state index contributed by atoms with van der Waals surface area (Å²) in [6, 6.07) is 0. The van der Waals surface area contributed by atoms with E-state index in [2.05, 4.69) is 26.5 Å². The van der Waals surface area contributed by atoms with Crippen molar-refractivity contribution in [2.24, 2.45) is 0 Å². The molecule has 0 aliphatic rings. The molecule has 0 aliphatic carbocycles. The summed E-state index contributed by atoms with van der Waals surface area (Å²) in [6.45, 7) is 4.54. The molecule has 0 heterocycles. The van der Waals surface area contributed by atoms with Gasteiger partial charge in [-0.05, 0) is 12.8 Å². The van der Waals surface area contributed by atoms with Crippen molar-refractivity contribution in [2.75, 3.05) is 12.4 Å². The summed E-state index contributed by atoms with van der Waals surface area (Å²) in [5.74, 6) is -0.0467. The second-order valence-electron chi connectivity index (χ2n) is 8.07.